The lowest BCUT2D eigenvalue weighted by Gasteiger charge is -2.07. The van der Waals surface area contributed by atoms with Crippen molar-refractivity contribution >= 4 is 49.4 Å². The van der Waals surface area contributed by atoms with Crippen LogP contribution in [0.2, 0.25) is 0 Å². The number of carbonyl (C=O) groups excluding carboxylic acids is 1. The van der Waals surface area contributed by atoms with Crippen molar-refractivity contribution in [2.45, 2.75) is 0 Å². The van der Waals surface area contributed by atoms with Gasteiger partial charge in [-0.1, -0.05) is 21.1 Å². The van der Waals surface area contributed by atoms with E-state index in [9.17, 15) is 4.79 Å². The minimum Gasteiger partial charge on any atom is -0.409 e. The third-order valence-electron chi connectivity index (χ3n) is 2.44. The maximum atomic E-state index is 12.2. The maximum absolute atomic E-state index is 12.2. The maximum Gasteiger partial charge on any atom is 0.257 e. The predicted molar refractivity (Wildman–Crippen MR) is 80.9 cm³/mol. The second-order valence-corrected chi connectivity index (χ2v) is 5.49. The van der Waals surface area contributed by atoms with Crippen molar-refractivity contribution in [1.29, 1.82) is 0 Å². The molecule has 0 saturated carbocycles. The number of oxime groups is 1. The van der Waals surface area contributed by atoms with Crippen molar-refractivity contribution in [2.75, 3.05) is 5.32 Å². The van der Waals surface area contributed by atoms with Gasteiger partial charge in [-0.3, -0.25) is 9.89 Å². The van der Waals surface area contributed by atoms with Crippen LogP contribution in [0.15, 0.2) is 38.5 Å². The molecule has 1 amide bonds. The molecule has 0 saturated heterocycles. The van der Waals surface area contributed by atoms with Gasteiger partial charge < -0.3 is 16.3 Å². The van der Waals surface area contributed by atoms with Crippen LogP contribution in [0.5, 0.6) is 0 Å². The Kier molecular flexibility index (Phi) is 4.40. The van der Waals surface area contributed by atoms with E-state index in [1.54, 1.807) is 18.2 Å². The molecule has 1 aromatic carbocycles. The quantitative estimate of drug-likeness (QED) is 0.272. The van der Waals surface area contributed by atoms with Gasteiger partial charge in [-0.25, -0.2) is 0 Å². The summed E-state index contributed by atoms with van der Waals surface area (Å²) in [6.45, 7) is 0. The normalized spacial score (nSPS) is 11.4. The van der Waals surface area contributed by atoms with Crippen molar-refractivity contribution in [3.8, 4) is 0 Å². The highest BCUT2D eigenvalue weighted by molar-refractivity contribution is 9.11. The first-order valence-electron chi connectivity index (χ1n) is 5.30. The largest absolute Gasteiger partial charge is 0.409 e. The van der Waals surface area contributed by atoms with E-state index in [-0.39, 0.29) is 17.6 Å². The van der Waals surface area contributed by atoms with E-state index in [0.29, 0.717) is 15.6 Å². The highest BCUT2D eigenvalue weighted by atomic mass is 79.9. The molecule has 0 radical (unpaired) electrons. The molecule has 1 heterocycles. The standard InChI is InChI=1S/C11H9Br2N5O2/c12-5-1-2-6(8(13)3-5)11(19)16-10-7(4-15-17-10)9(14)18-20/h1-4,20H,(H2,14,18)(H2,15,16,17,19). The summed E-state index contributed by atoms with van der Waals surface area (Å²) >= 11 is 6.62. The third-order valence-corrected chi connectivity index (χ3v) is 3.59. The number of hydrogen-bond donors (Lipinski definition) is 4. The minimum atomic E-state index is -0.361. The summed E-state index contributed by atoms with van der Waals surface area (Å²) in [7, 11) is 0. The Labute approximate surface area is 130 Å². The average Bonchev–Trinajstić information content (AvgIpc) is 2.85. The smallest absolute Gasteiger partial charge is 0.257 e. The van der Waals surface area contributed by atoms with E-state index >= 15 is 0 Å². The van der Waals surface area contributed by atoms with E-state index in [0.717, 1.165) is 4.47 Å². The van der Waals surface area contributed by atoms with E-state index < -0.39 is 0 Å². The van der Waals surface area contributed by atoms with Crippen molar-refractivity contribution in [3.63, 3.8) is 0 Å². The number of aromatic amines is 1. The van der Waals surface area contributed by atoms with Crippen LogP contribution in [0.4, 0.5) is 5.82 Å². The number of benzene rings is 1. The molecule has 0 unspecified atom stereocenters. The van der Waals surface area contributed by atoms with Gasteiger partial charge in [0.2, 0.25) is 0 Å². The molecule has 104 valence electrons. The molecule has 0 fully saturated rings. The van der Waals surface area contributed by atoms with Gasteiger partial charge in [-0.05, 0) is 34.1 Å². The van der Waals surface area contributed by atoms with Crippen LogP contribution < -0.4 is 11.1 Å². The third kappa shape index (κ3) is 2.99. The van der Waals surface area contributed by atoms with Crippen LogP contribution >= 0.6 is 31.9 Å². The number of nitrogens with two attached hydrogens (primary N) is 1. The molecule has 2 aromatic rings. The van der Waals surface area contributed by atoms with Gasteiger partial charge in [0.05, 0.1) is 17.3 Å². The average molecular weight is 403 g/mol. The Bertz CT molecular complexity index is 683. The zero-order valence-corrected chi connectivity index (χ0v) is 13.1. The Hall–Kier alpha value is -1.87. The molecule has 9 heteroatoms. The van der Waals surface area contributed by atoms with Crippen molar-refractivity contribution < 1.29 is 10.0 Å². The SMILES string of the molecule is N/C(=N/O)c1cn[nH]c1NC(=O)c1ccc(Br)cc1Br. The van der Waals surface area contributed by atoms with Crippen LogP contribution in [0.1, 0.15) is 15.9 Å². The second-order valence-electron chi connectivity index (χ2n) is 3.72. The molecule has 0 aliphatic carbocycles. The summed E-state index contributed by atoms with van der Waals surface area (Å²) in [4.78, 5) is 12.2. The highest BCUT2D eigenvalue weighted by Crippen LogP contribution is 2.23. The van der Waals surface area contributed by atoms with E-state index in [2.05, 4.69) is 52.5 Å². The molecule has 0 aliphatic heterocycles. The number of rotatable bonds is 3. The lowest BCUT2D eigenvalue weighted by Crippen LogP contribution is -2.18. The summed E-state index contributed by atoms with van der Waals surface area (Å²) in [5, 5.41) is 20.4. The van der Waals surface area contributed by atoms with Gasteiger partial charge in [0.15, 0.2) is 5.84 Å². The zero-order chi connectivity index (χ0) is 14.7. The molecule has 20 heavy (non-hydrogen) atoms. The molecule has 0 aliphatic rings. The number of nitrogens with one attached hydrogen (secondary N) is 2. The lowest BCUT2D eigenvalue weighted by atomic mass is 10.2. The lowest BCUT2D eigenvalue weighted by molar-refractivity contribution is 0.102. The molecular formula is C11H9Br2N5O2. The fourth-order valence-electron chi connectivity index (χ4n) is 1.48. The Morgan fingerprint density at radius 3 is 2.80 bits per heavy atom. The van der Waals surface area contributed by atoms with E-state index in [1.165, 1.54) is 6.20 Å². The fraction of sp³-hybridized carbons (Fsp3) is 0. The second kappa shape index (κ2) is 6.06. The first kappa shape index (κ1) is 14.5. The number of nitrogens with zero attached hydrogens (tertiary/aromatic N) is 2. The number of aromatic nitrogens is 2. The molecule has 1 aromatic heterocycles. The number of halogens is 2. The Morgan fingerprint density at radius 2 is 2.15 bits per heavy atom. The first-order chi connectivity index (χ1) is 9.52. The number of hydrogen-bond acceptors (Lipinski definition) is 4. The molecule has 5 N–H and O–H groups in total. The molecule has 0 bridgehead atoms. The summed E-state index contributed by atoms with van der Waals surface area (Å²) in [5.74, 6) is -0.260. The fourth-order valence-corrected chi connectivity index (χ4v) is 2.71. The monoisotopic (exact) mass is 401 g/mol. The molecule has 7 nitrogen and oxygen atoms in total. The van der Waals surface area contributed by atoms with Crippen molar-refractivity contribution in [3.05, 3.63) is 44.5 Å². The number of amides is 1. The van der Waals surface area contributed by atoms with Crippen LogP contribution in [0, 0.1) is 0 Å². The van der Waals surface area contributed by atoms with Gasteiger partial charge in [0.1, 0.15) is 5.82 Å². The zero-order valence-electron chi connectivity index (χ0n) is 9.89. The van der Waals surface area contributed by atoms with E-state index in [4.69, 9.17) is 10.9 Å². The summed E-state index contributed by atoms with van der Waals surface area (Å²) < 4.78 is 1.48. The molecule has 0 atom stereocenters. The van der Waals surface area contributed by atoms with Crippen LogP contribution in [-0.2, 0) is 0 Å². The number of carbonyl (C=O) groups is 1. The van der Waals surface area contributed by atoms with Gasteiger partial charge >= 0.3 is 0 Å². The highest BCUT2D eigenvalue weighted by Gasteiger charge is 2.15. The summed E-state index contributed by atoms with van der Waals surface area (Å²) in [6, 6.07) is 5.16. The Balaban J connectivity index is 2.26. The number of H-pyrrole nitrogens is 1. The van der Waals surface area contributed by atoms with Crippen LogP contribution in [0.25, 0.3) is 0 Å². The van der Waals surface area contributed by atoms with Crippen LogP contribution in [0.3, 0.4) is 0 Å². The first-order valence-corrected chi connectivity index (χ1v) is 6.89. The number of anilines is 1. The van der Waals surface area contributed by atoms with Gasteiger partial charge in [0, 0.05) is 8.95 Å². The summed E-state index contributed by atoms with van der Waals surface area (Å²) in [5.41, 5.74) is 6.22. The molecule has 0 spiro atoms. The minimum absolute atomic E-state index is 0.149. The van der Waals surface area contributed by atoms with Gasteiger partial charge in [-0.15, -0.1) is 0 Å². The van der Waals surface area contributed by atoms with Crippen molar-refractivity contribution in [1.82, 2.24) is 10.2 Å². The van der Waals surface area contributed by atoms with Gasteiger partial charge in [-0.2, -0.15) is 5.10 Å². The van der Waals surface area contributed by atoms with Gasteiger partial charge in [0.25, 0.3) is 5.91 Å². The molecule has 2 rings (SSSR count). The van der Waals surface area contributed by atoms with Crippen LogP contribution in [-0.4, -0.2) is 27.1 Å². The van der Waals surface area contributed by atoms with E-state index in [1.807, 2.05) is 0 Å². The Morgan fingerprint density at radius 1 is 1.40 bits per heavy atom. The summed E-state index contributed by atoms with van der Waals surface area (Å²) in [6.07, 6.45) is 1.35. The topological polar surface area (TPSA) is 116 Å². The molecular weight excluding hydrogens is 394 g/mol. The predicted octanol–water partition coefficient (Wildman–Crippen LogP) is 2.28. The van der Waals surface area contributed by atoms with Crippen molar-refractivity contribution in [2.24, 2.45) is 10.9 Å². The number of amidine groups is 1.